The summed E-state index contributed by atoms with van der Waals surface area (Å²) in [6, 6.07) is 0.769. The van der Waals surface area contributed by atoms with Crippen LogP contribution in [0.25, 0.3) is 0 Å². The number of guanidine groups is 1. The molecule has 1 aromatic rings. The number of likely N-dealkylation sites (tertiary alicyclic amines) is 1. The maximum atomic E-state index is 4.71. The van der Waals surface area contributed by atoms with Crippen molar-refractivity contribution in [2.75, 3.05) is 32.7 Å². The highest BCUT2D eigenvalue weighted by Gasteiger charge is 2.16. The van der Waals surface area contributed by atoms with Gasteiger partial charge in [0.2, 0.25) is 0 Å². The molecule has 1 aliphatic heterocycles. The third-order valence-electron chi connectivity index (χ3n) is 4.75. The van der Waals surface area contributed by atoms with Crippen molar-refractivity contribution >= 4 is 17.3 Å². The molecule has 25 heavy (non-hydrogen) atoms. The smallest absolute Gasteiger partial charge is 0.191 e. The van der Waals surface area contributed by atoms with Crippen LogP contribution >= 0.6 is 11.3 Å². The first-order valence-electron chi connectivity index (χ1n) is 9.86. The van der Waals surface area contributed by atoms with Gasteiger partial charge in [0.05, 0.1) is 10.7 Å². The number of hydrogen-bond donors (Lipinski definition) is 2. The predicted molar refractivity (Wildman–Crippen MR) is 109 cm³/mol. The van der Waals surface area contributed by atoms with Crippen molar-refractivity contribution in [1.29, 1.82) is 0 Å². The van der Waals surface area contributed by atoms with E-state index in [2.05, 4.69) is 46.7 Å². The molecule has 1 unspecified atom stereocenters. The second-order valence-electron chi connectivity index (χ2n) is 6.88. The number of hydrogen-bond acceptors (Lipinski definition) is 4. The lowest BCUT2D eigenvalue weighted by molar-refractivity contribution is 0.158. The topological polar surface area (TPSA) is 52.6 Å². The monoisotopic (exact) mass is 365 g/mol. The van der Waals surface area contributed by atoms with Gasteiger partial charge < -0.3 is 15.5 Å². The summed E-state index contributed by atoms with van der Waals surface area (Å²) in [6.45, 7) is 11.7. The second-order valence-corrected chi connectivity index (χ2v) is 7.95. The van der Waals surface area contributed by atoms with Gasteiger partial charge in [0.25, 0.3) is 0 Å². The first kappa shape index (κ1) is 20.2. The fraction of sp³-hybridized carbons (Fsp3) is 0.789. The number of piperidine rings is 1. The van der Waals surface area contributed by atoms with E-state index in [0.29, 0.717) is 0 Å². The Morgan fingerprint density at radius 3 is 2.96 bits per heavy atom. The number of aryl methyl sites for hydroxylation is 1. The molecular formula is C19H35N5S. The highest BCUT2D eigenvalue weighted by molar-refractivity contribution is 7.09. The summed E-state index contributed by atoms with van der Waals surface area (Å²) < 4.78 is 0. The van der Waals surface area contributed by atoms with E-state index in [4.69, 9.17) is 4.99 Å². The molecule has 1 aromatic heterocycles. The fourth-order valence-electron chi connectivity index (χ4n) is 3.28. The summed E-state index contributed by atoms with van der Waals surface area (Å²) >= 11 is 1.72. The van der Waals surface area contributed by atoms with Crippen molar-refractivity contribution in [2.24, 2.45) is 4.99 Å². The minimum atomic E-state index is 0.769. The number of thiazole rings is 1. The van der Waals surface area contributed by atoms with Gasteiger partial charge in [-0.3, -0.25) is 4.99 Å². The van der Waals surface area contributed by atoms with Crippen molar-refractivity contribution in [3.05, 3.63) is 16.1 Å². The van der Waals surface area contributed by atoms with E-state index in [0.717, 1.165) is 49.5 Å². The molecule has 1 atom stereocenters. The molecule has 0 spiro atoms. The second kappa shape index (κ2) is 11.5. The van der Waals surface area contributed by atoms with Crippen LogP contribution in [-0.2, 0) is 6.42 Å². The third-order valence-corrected chi connectivity index (χ3v) is 5.57. The SMILES string of the molecule is CCNC(=NCCCCN1CCCCC1C)NCCc1csc(C)n1. The third kappa shape index (κ3) is 7.74. The Morgan fingerprint density at radius 2 is 2.24 bits per heavy atom. The number of nitrogens with one attached hydrogen (secondary N) is 2. The lowest BCUT2D eigenvalue weighted by atomic mass is 10.0. The maximum Gasteiger partial charge on any atom is 0.191 e. The van der Waals surface area contributed by atoms with Gasteiger partial charge in [-0.1, -0.05) is 6.42 Å². The summed E-state index contributed by atoms with van der Waals surface area (Å²) in [4.78, 5) is 11.9. The van der Waals surface area contributed by atoms with E-state index in [1.54, 1.807) is 11.3 Å². The number of aliphatic imine (C=N–C) groups is 1. The highest BCUT2D eigenvalue weighted by atomic mass is 32.1. The van der Waals surface area contributed by atoms with E-state index >= 15 is 0 Å². The van der Waals surface area contributed by atoms with Crippen molar-refractivity contribution < 1.29 is 0 Å². The molecule has 1 fully saturated rings. The van der Waals surface area contributed by atoms with Gasteiger partial charge in [0.1, 0.15) is 0 Å². The molecule has 0 amide bonds. The van der Waals surface area contributed by atoms with Crippen molar-refractivity contribution in [3.63, 3.8) is 0 Å². The molecule has 0 bridgehead atoms. The van der Waals surface area contributed by atoms with Crippen LogP contribution in [0.4, 0.5) is 0 Å². The van der Waals surface area contributed by atoms with Gasteiger partial charge in [-0.05, 0) is 59.5 Å². The zero-order chi connectivity index (χ0) is 17.9. The van der Waals surface area contributed by atoms with Crippen LogP contribution in [-0.4, -0.2) is 54.6 Å². The molecule has 2 rings (SSSR count). The fourth-order valence-corrected chi connectivity index (χ4v) is 3.93. The molecule has 0 aromatic carbocycles. The van der Waals surface area contributed by atoms with E-state index < -0.39 is 0 Å². The average Bonchev–Trinajstić information content (AvgIpc) is 3.01. The van der Waals surface area contributed by atoms with Crippen LogP contribution in [0.15, 0.2) is 10.4 Å². The van der Waals surface area contributed by atoms with E-state index in [9.17, 15) is 0 Å². The standard InChI is InChI=1S/C19H35N5S/c1-4-20-19(22-12-10-18-15-25-17(3)23-18)21-11-6-8-14-24-13-7-5-9-16(24)2/h15-16H,4-14H2,1-3H3,(H2,20,21,22). The summed E-state index contributed by atoms with van der Waals surface area (Å²) in [5, 5.41) is 10.0. The molecule has 2 heterocycles. The van der Waals surface area contributed by atoms with Gasteiger partial charge in [-0.2, -0.15) is 0 Å². The molecule has 0 saturated carbocycles. The molecule has 142 valence electrons. The molecule has 1 aliphatic rings. The molecule has 6 heteroatoms. The van der Waals surface area contributed by atoms with E-state index in [-0.39, 0.29) is 0 Å². The summed E-state index contributed by atoms with van der Waals surface area (Å²) in [5.74, 6) is 0.931. The van der Waals surface area contributed by atoms with Gasteiger partial charge >= 0.3 is 0 Å². The molecular weight excluding hydrogens is 330 g/mol. The first-order valence-corrected chi connectivity index (χ1v) is 10.7. The van der Waals surface area contributed by atoms with Crippen LogP contribution in [0.2, 0.25) is 0 Å². The normalized spacial score (nSPS) is 19.2. The first-order chi connectivity index (χ1) is 12.2. The zero-order valence-electron chi connectivity index (χ0n) is 16.2. The van der Waals surface area contributed by atoms with Gasteiger partial charge in [-0.15, -0.1) is 11.3 Å². The minimum absolute atomic E-state index is 0.769. The van der Waals surface area contributed by atoms with E-state index in [1.807, 2.05) is 0 Å². The maximum absolute atomic E-state index is 4.71. The molecule has 5 nitrogen and oxygen atoms in total. The predicted octanol–water partition coefficient (Wildman–Crippen LogP) is 3.20. The van der Waals surface area contributed by atoms with Gasteiger partial charge in [0.15, 0.2) is 5.96 Å². The van der Waals surface area contributed by atoms with Crippen LogP contribution in [0.5, 0.6) is 0 Å². The summed E-state index contributed by atoms with van der Waals surface area (Å²) in [5.41, 5.74) is 1.17. The molecule has 2 N–H and O–H groups in total. The molecule has 0 aliphatic carbocycles. The number of unbranched alkanes of at least 4 members (excludes halogenated alkanes) is 1. The number of aromatic nitrogens is 1. The Labute approximate surface area is 157 Å². The van der Waals surface area contributed by atoms with Gasteiger partial charge in [0, 0.05) is 37.5 Å². The molecule has 0 radical (unpaired) electrons. The largest absolute Gasteiger partial charge is 0.357 e. The van der Waals surface area contributed by atoms with Crippen molar-refractivity contribution in [2.45, 2.75) is 65.3 Å². The van der Waals surface area contributed by atoms with Crippen LogP contribution in [0, 0.1) is 6.92 Å². The lowest BCUT2D eigenvalue weighted by Gasteiger charge is -2.33. The number of rotatable bonds is 9. The Morgan fingerprint density at radius 1 is 1.36 bits per heavy atom. The summed E-state index contributed by atoms with van der Waals surface area (Å²) in [6.07, 6.45) is 7.48. The Hall–Kier alpha value is -1.14. The van der Waals surface area contributed by atoms with Crippen molar-refractivity contribution in [1.82, 2.24) is 20.5 Å². The van der Waals surface area contributed by atoms with Crippen molar-refractivity contribution in [3.8, 4) is 0 Å². The van der Waals surface area contributed by atoms with E-state index in [1.165, 1.54) is 44.5 Å². The number of nitrogens with zero attached hydrogens (tertiary/aromatic N) is 3. The van der Waals surface area contributed by atoms with Crippen LogP contribution in [0.3, 0.4) is 0 Å². The summed E-state index contributed by atoms with van der Waals surface area (Å²) in [7, 11) is 0. The quantitative estimate of drug-likeness (QED) is 0.401. The molecule has 1 saturated heterocycles. The van der Waals surface area contributed by atoms with Crippen LogP contribution in [0.1, 0.15) is 56.7 Å². The Kier molecular flexibility index (Phi) is 9.26. The van der Waals surface area contributed by atoms with Crippen LogP contribution < -0.4 is 10.6 Å². The average molecular weight is 366 g/mol. The van der Waals surface area contributed by atoms with Gasteiger partial charge in [-0.25, -0.2) is 4.98 Å². The zero-order valence-corrected chi connectivity index (χ0v) is 17.0. The minimum Gasteiger partial charge on any atom is -0.357 e. The Bertz CT molecular complexity index is 514. The lowest BCUT2D eigenvalue weighted by Crippen LogP contribution is -2.38. The Balaban J connectivity index is 1.62. The highest BCUT2D eigenvalue weighted by Crippen LogP contribution is 2.16.